The van der Waals surface area contributed by atoms with Crippen molar-refractivity contribution in [3.8, 4) is 0 Å². The molecule has 0 aromatic heterocycles. The molecule has 0 aliphatic rings. The van der Waals surface area contributed by atoms with Crippen LogP contribution < -0.4 is 11.1 Å². The highest BCUT2D eigenvalue weighted by Crippen LogP contribution is 2.06. The first-order valence-corrected chi connectivity index (χ1v) is 3.96. The summed E-state index contributed by atoms with van der Waals surface area (Å²) in [4.78, 5) is 10.7. The Balaban J connectivity index is 2.62. The number of para-hydroxylation sites is 1. The van der Waals surface area contributed by atoms with E-state index in [1.807, 2.05) is 18.2 Å². The third-order valence-corrected chi connectivity index (χ3v) is 1.64. The minimum atomic E-state index is -0.720. The van der Waals surface area contributed by atoms with E-state index in [4.69, 9.17) is 10.8 Å². The molecule has 0 aliphatic carbocycles. The second kappa shape index (κ2) is 4.47. The van der Waals surface area contributed by atoms with Crippen molar-refractivity contribution < 1.29 is 9.90 Å². The van der Waals surface area contributed by atoms with Crippen molar-refractivity contribution in [2.24, 2.45) is 5.73 Å². The third-order valence-electron chi connectivity index (χ3n) is 1.64. The number of carbonyl (C=O) groups is 1. The zero-order chi connectivity index (χ0) is 9.68. The number of primary amides is 1. The van der Waals surface area contributed by atoms with Crippen molar-refractivity contribution in [1.82, 2.24) is 0 Å². The molecule has 1 aromatic rings. The molecule has 0 bridgehead atoms. The van der Waals surface area contributed by atoms with Crippen LogP contribution in [0.2, 0.25) is 0 Å². The van der Waals surface area contributed by atoms with Crippen molar-refractivity contribution in [3.05, 3.63) is 30.3 Å². The molecular weight excluding hydrogens is 168 g/mol. The van der Waals surface area contributed by atoms with E-state index in [-0.39, 0.29) is 6.61 Å². The van der Waals surface area contributed by atoms with E-state index in [0.29, 0.717) is 0 Å². The van der Waals surface area contributed by atoms with Crippen LogP contribution in [0.5, 0.6) is 0 Å². The van der Waals surface area contributed by atoms with E-state index < -0.39 is 11.9 Å². The maximum atomic E-state index is 10.7. The molecule has 70 valence electrons. The van der Waals surface area contributed by atoms with Crippen LogP contribution in [0.3, 0.4) is 0 Å². The largest absolute Gasteiger partial charge is 0.394 e. The van der Waals surface area contributed by atoms with Gasteiger partial charge in [0.1, 0.15) is 6.04 Å². The highest BCUT2D eigenvalue weighted by molar-refractivity contribution is 5.83. The first kappa shape index (κ1) is 9.54. The summed E-state index contributed by atoms with van der Waals surface area (Å²) < 4.78 is 0. The molecule has 1 unspecified atom stereocenters. The number of rotatable bonds is 4. The fourth-order valence-electron chi connectivity index (χ4n) is 0.942. The molecular formula is C9H12N2O2. The predicted molar refractivity (Wildman–Crippen MR) is 50.1 cm³/mol. The number of aliphatic hydroxyl groups is 1. The topological polar surface area (TPSA) is 75.4 Å². The first-order chi connectivity index (χ1) is 6.24. The lowest BCUT2D eigenvalue weighted by atomic mass is 10.2. The number of nitrogens with one attached hydrogen (secondary N) is 1. The summed E-state index contributed by atoms with van der Waals surface area (Å²) in [6, 6.07) is 8.40. The molecule has 0 heterocycles. The van der Waals surface area contributed by atoms with Gasteiger partial charge in [-0.25, -0.2) is 0 Å². The number of hydrogen-bond acceptors (Lipinski definition) is 3. The monoisotopic (exact) mass is 180 g/mol. The van der Waals surface area contributed by atoms with Gasteiger partial charge in [-0.2, -0.15) is 0 Å². The lowest BCUT2D eigenvalue weighted by Gasteiger charge is -2.13. The molecule has 4 nitrogen and oxygen atoms in total. The SMILES string of the molecule is NC(=O)C(CO)Nc1ccccc1. The number of nitrogens with two attached hydrogens (primary N) is 1. The lowest BCUT2D eigenvalue weighted by Crippen LogP contribution is -2.38. The lowest BCUT2D eigenvalue weighted by molar-refractivity contribution is -0.119. The van der Waals surface area contributed by atoms with Gasteiger partial charge in [-0.1, -0.05) is 18.2 Å². The molecule has 13 heavy (non-hydrogen) atoms. The van der Waals surface area contributed by atoms with E-state index >= 15 is 0 Å². The average molecular weight is 180 g/mol. The van der Waals surface area contributed by atoms with Crippen LogP contribution >= 0.6 is 0 Å². The number of aliphatic hydroxyl groups excluding tert-OH is 1. The van der Waals surface area contributed by atoms with Gasteiger partial charge >= 0.3 is 0 Å². The van der Waals surface area contributed by atoms with Gasteiger partial charge in [0.15, 0.2) is 0 Å². The standard InChI is InChI=1S/C9H12N2O2/c10-9(13)8(6-12)11-7-4-2-1-3-5-7/h1-5,8,11-12H,6H2,(H2,10,13). The predicted octanol–water partition coefficient (Wildman–Crippen LogP) is -0.0553. The maximum Gasteiger partial charge on any atom is 0.242 e. The summed E-state index contributed by atoms with van der Waals surface area (Å²) in [5.41, 5.74) is 5.80. The minimum absolute atomic E-state index is 0.301. The van der Waals surface area contributed by atoms with E-state index in [1.165, 1.54) is 0 Å². The second-order valence-electron chi connectivity index (χ2n) is 2.65. The summed E-state index contributed by atoms with van der Waals surface area (Å²) in [5.74, 6) is -0.564. The van der Waals surface area contributed by atoms with Crippen LogP contribution in [0.4, 0.5) is 5.69 Å². The second-order valence-corrected chi connectivity index (χ2v) is 2.65. The summed E-state index contributed by atoms with van der Waals surface area (Å²) in [7, 11) is 0. The van der Waals surface area contributed by atoms with Crippen molar-refractivity contribution in [3.63, 3.8) is 0 Å². The Bertz CT molecular complexity index is 274. The molecule has 1 rings (SSSR count). The van der Waals surface area contributed by atoms with Crippen molar-refractivity contribution in [1.29, 1.82) is 0 Å². The normalized spacial score (nSPS) is 12.1. The molecule has 0 aliphatic heterocycles. The van der Waals surface area contributed by atoms with Gasteiger partial charge in [-0.3, -0.25) is 4.79 Å². The number of amides is 1. The fourth-order valence-corrected chi connectivity index (χ4v) is 0.942. The third kappa shape index (κ3) is 2.76. The first-order valence-electron chi connectivity index (χ1n) is 3.96. The van der Waals surface area contributed by atoms with Gasteiger partial charge in [-0.15, -0.1) is 0 Å². The molecule has 0 spiro atoms. The van der Waals surface area contributed by atoms with Gasteiger partial charge in [0.2, 0.25) is 5.91 Å². The molecule has 0 radical (unpaired) electrons. The summed E-state index contributed by atoms with van der Waals surface area (Å²) in [5, 5.41) is 11.6. The molecule has 4 heteroatoms. The number of benzene rings is 1. The average Bonchev–Trinajstić information content (AvgIpc) is 2.15. The van der Waals surface area contributed by atoms with Crippen LogP contribution in [0.15, 0.2) is 30.3 Å². The maximum absolute atomic E-state index is 10.7. The van der Waals surface area contributed by atoms with Crippen LogP contribution in [0.25, 0.3) is 0 Å². The van der Waals surface area contributed by atoms with Gasteiger partial charge in [0.05, 0.1) is 6.61 Å². The van der Waals surface area contributed by atoms with E-state index in [2.05, 4.69) is 5.32 Å². The van der Waals surface area contributed by atoms with Crippen LogP contribution in [0.1, 0.15) is 0 Å². The summed E-state index contributed by atoms with van der Waals surface area (Å²) in [6.45, 7) is -0.301. The number of carbonyl (C=O) groups excluding carboxylic acids is 1. The van der Waals surface area contributed by atoms with E-state index in [1.54, 1.807) is 12.1 Å². The summed E-state index contributed by atoms with van der Waals surface area (Å²) >= 11 is 0. The molecule has 1 amide bonds. The Morgan fingerprint density at radius 2 is 2.08 bits per heavy atom. The molecule has 1 atom stereocenters. The molecule has 4 N–H and O–H groups in total. The van der Waals surface area contributed by atoms with Crippen LogP contribution in [-0.2, 0) is 4.79 Å². The minimum Gasteiger partial charge on any atom is -0.394 e. The number of anilines is 1. The van der Waals surface area contributed by atoms with Crippen LogP contribution in [-0.4, -0.2) is 23.7 Å². The zero-order valence-corrected chi connectivity index (χ0v) is 7.10. The molecule has 0 saturated heterocycles. The van der Waals surface area contributed by atoms with E-state index in [0.717, 1.165) is 5.69 Å². The van der Waals surface area contributed by atoms with Gasteiger partial charge in [0, 0.05) is 5.69 Å². The number of hydrogen-bond donors (Lipinski definition) is 3. The Morgan fingerprint density at radius 1 is 1.46 bits per heavy atom. The fraction of sp³-hybridized carbons (Fsp3) is 0.222. The molecule has 1 aromatic carbocycles. The van der Waals surface area contributed by atoms with Gasteiger partial charge < -0.3 is 16.2 Å². The van der Waals surface area contributed by atoms with Gasteiger partial charge in [0.25, 0.3) is 0 Å². The molecule has 0 fully saturated rings. The van der Waals surface area contributed by atoms with Crippen molar-refractivity contribution >= 4 is 11.6 Å². The van der Waals surface area contributed by atoms with Crippen LogP contribution in [0, 0.1) is 0 Å². The van der Waals surface area contributed by atoms with Crippen molar-refractivity contribution in [2.75, 3.05) is 11.9 Å². The Kier molecular flexibility index (Phi) is 3.28. The smallest absolute Gasteiger partial charge is 0.242 e. The Hall–Kier alpha value is -1.55. The molecule has 0 saturated carbocycles. The quantitative estimate of drug-likeness (QED) is 0.607. The van der Waals surface area contributed by atoms with Crippen molar-refractivity contribution in [2.45, 2.75) is 6.04 Å². The zero-order valence-electron chi connectivity index (χ0n) is 7.10. The highest BCUT2D eigenvalue weighted by Gasteiger charge is 2.12. The summed E-state index contributed by atoms with van der Waals surface area (Å²) in [6.07, 6.45) is 0. The van der Waals surface area contributed by atoms with E-state index in [9.17, 15) is 4.79 Å². The van der Waals surface area contributed by atoms with Gasteiger partial charge in [-0.05, 0) is 12.1 Å². The Morgan fingerprint density at radius 3 is 2.54 bits per heavy atom. The highest BCUT2D eigenvalue weighted by atomic mass is 16.3. The Labute approximate surface area is 76.4 Å².